The fourth-order valence-electron chi connectivity index (χ4n) is 2.03. The molecule has 0 unspecified atom stereocenters. The lowest BCUT2D eigenvalue weighted by molar-refractivity contribution is 0.0958. The smallest absolute Gasteiger partial charge is 0.251 e. The van der Waals surface area contributed by atoms with Crippen molar-refractivity contribution < 1.29 is 4.79 Å². The van der Waals surface area contributed by atoms with Gasteiger partial charge in [-0.3, -0.25) is 4.79 Å². The van der Waals surface area contributed by atoms with E-state index in [0.29, 0.717) is 12.1 Å². The van der Waals surface area contributed by atoms with Gasteiger partial charge >= 0.3 is 0 Å². The zero-order valence-electron chi connectivity index (χ0n) is 12.2. The number of aryl methyl sites for hydroxylation is 1. The van der Waals surface area contributed by atoms with E-state index >= 15 is 0 Å². The summed E-state index contributed by atoms with van der Waals surface area (Å²) in [4.78, 5) is 11.8. The van der Waals surface area contributed by atoms with Crippen molar-refractivity contribution in [3.63, 3.8) is 0 Å². The van der Waals surface area contributed by atoms with E-state index in [1.54, 1.807) is 6.08 Å². The third kappa shape index (κ3) is 4.49. The molecule has 0 atom stereocenters. The molecular formula is C18H20N2O. The van der Waals surface area contributed by atoms with Gasteiger partial charge in [0, 0.05) is 24.3 Å². The van der Waals surface area contributed by atoms with Gasteiger partial charge in [-0.05, 0) is 36.8 Å². The number of amides is 1. The van der Waals surface area contributed by atoms with Crippen LogP contribution >= 0.6 is 0 Å². The number of hydrogen-bond acceptors (Lipinski definition) is 2. The van der Waals surface area contributed by atoms with E-state index in [9.17, 15) is 4.79 Å². The molecule has 21 heavy (non-hydrogen) atoms. The summed E-state index contributed by atoms with van der Waals surface area (Å²) in [5.74, 6) is -0.0832. The summed E-state index contributed by atoms with van der Waals surface area (Å²) in [6.07, 6.45) is 1.66. The number of carbonyl (C=O) groups is 1. The van der Waals surface area contributed by atoms with E-state index in [1.807, 2.05) is 24.3 Å². The van der Waals surface area contributed by atoms with Gasteiger partial charge in [0.1, 0.15) is 0 Å². The molecule has 0 aliphatic heterocycles. The van der Waals surface area contributed by atoms with Crippen molar-refractivity contribution in [3.8, 4) is 0 Å². The highest BCUT2D eigenvalue weighted by Gasteiger charge is 2.03. The van der Waals surface area contributed by atoms with Gasteiger partial charge in [-0.25, -0.2) is 0 Å². The molecule has 0 bridgehead atoms. The monoisotopic (exact) mass is 280 g/mol. The normalized spacial score (nSPS) is 9.95. The first kappa shape index (κ1) is 14.9. The van der Waals surface area contributed by atoms with Crippen LogP contribution in [-0.2, 0) is 6.54 Å². The molecule has 0 aromatic heterocycles. The third-order valence-electron chi connectivity index (χ3n) is 3.13. The van der Waals surface area contributed by atoms with E-state index in [4.69, 9.17) is 0 Å². The Kier molecular flexibility index (Phi) is 5.16. The quantitative estimate of drug-likeness (QED) is 0.795. The largest absolute Gasteiger partial charge is 0.381 e. The molecule has 3 nitrogen and oxygen atoms in total. The average Bonchev–Trinajstić information content (AvgIpc) is 2.51. The predicted octanol–water partition coefficient (Wildman–Crippen LogP) is 3.52. The molecule has 0 saturated carbocycles. The van der Waals surface area contributed by atoms with E-state index in [0.717, 1.165) is 12.2 Å². The van der Waals surface area contributed by atoms with Crippen LogP contribution in [0.15, 0.2) is 61.2 Å². The summed E-state index contributed by atoms with van der Waals surface area (Å²) in [6.45, 7) is 6.90. The molecule has 0 saturated heterocycles. The van der Waals surface area contributed by atoms with Crippen LogP contribution in [0.25, 0.3) is 0 Å². The van der Waals surface area contributed by atoms with Gasteiger partial charge < -0.3 is 10.6 Å². The summed E-state index contributed by atoms with van der Waals surface area (Å²) < 4.78 is 0. The molecule has 1 amide bonds. The van der Waals surface area contributed by atoms with E-state index in [-0.39, 0.29) is 5.91 Å². The number of benzene rings is 2. The number of nitrogens with one attached hydrogen (secondary N) is 2. The topological polar surface area (TPSA) is 41.1 Å². The van der Waals surface area contributed by atoms with Gasteiger partial charge in [0.2, 0.25) is 0 Å². The maximum atomic E-state index is 11.8. The molecule has 0 aliphatic rings. The van der Waals surface area contributed by atoms with Gasteiger partial charge in [0.05, 0.1) is 0 Å². The minimum atomic E-state index is -0.0832. The number of carbonyl (C=O) groups excluding carboxylic acids is 1. The Bertz CT molecular complexity index is 617. The van der Waals surface area contributed by atoms with Crippen molar-refractivity contribution in [2.24, 2.45) is 0 Å². The minimum Gasteiger partial charge on any atom is -0.381 e. The fourth-order valence-corrected chi connectivity index (χ4v) is 2.03. The second-order valence-corrected chi connectivity index (χ2v) is 4.92. The van der Waals surface area contributed by atoms with E-state index in [2.05, 4.69) is 48.4 Å². The van der Waals surface area contributed by atoms with E-state index < -0.39 is 0 Å². The van der Waals surface area contributed by atoms with Crippen LogP contribution in [0.4, 0.5) is 5.69 Å². The molecule has 108 valence electrons. The van der Waals surface area contributed by atoms with E-state index in [1.165, 1.54) is 11.1 Å². The van der Waals surface area contributed by atoms with Gasteiger partial charge in [0.15, 0.2) is 0 Å². The van der Waals surface area contributed by atoms with Crippen LogP contribution in [0.1, 0.15) is 21.5 Å². The molecule has 0 radical (unpaired) electrons. The molecule has 2 aromatic rings. The highest BCUT2D eigenvalue weighted by atomic mass is 16.1. The van der Waals surface area contributed by atoms with Gasteiger partial charge in [-0.1, -0.05) is 35.9 Å². The first-order valence-electron chi connectivity index (χ1n) is 6.97. The van der Waals surface area contributed by atoms with Crippen molar-refractivity contribution in [3.05, 3.63) is 77.9 Å². The van der Waals surface area contributed by atoms with Crippen LogP contribution in [0.3, 0.4) is 0 Å². The Hall–Kier alpha value is -2.55. The molecule has 3 heteroatoms. The zero-order chi connectivity index (χ0) is 15.1. The summed E-state index contributed by atoms with van der Waals surface area (Å²) in [7, 11) is 0. The average molecular weight is 280 g/mol. The summed E-state index contributed by atoms with van der Waals surface area (Å²) >= 11 is 0. The van der Waals surface area contributed by atoms with Crippen molar-refractivity contribution in [1.82, 2.24) is 5.32 Å². The lowest BCUT2D eigenvalue weighted by Gasteiger charge is -2.08. The standard InChI is InChI=1S/C18H20N2O/c1-3-11-19-18(21)16-7-9-17(10-8-16)20-13-15-6-4-5-14(2)12-15/h3-10,12,20H,1,11,13H2,2H3,(H,19,21). The Labute approximate surface area is 125 Å². The van der Waals surface area contributed by atoms with Crippen molar-refractivity contribution in [2.45, 2.75) is 13.5 Å². The lowest BCUT2D eigenvalue weighted by Crippen LogP contribution is -2.23. The minimum absolute atomic E-state index is 0.0832. The first-order valence-corrected chi connectivity index (χ1v) is 6.97. The second kappa shape index (κ2) is 7.29. The number of rotatable bonds is 6. The molecule has 0 fully saturated rings. The third-order valence-corrected chi connectivity index (χ3v) is 3.13. The molecule has 0 aliphatic carbocycles. The zero-order valence-corrected chi connectivity index (χ0v) is 12.2. The molecular weight excluding hydrogens is 260 g/mol. The molecule has 2 N–H and O–H groups in total. The molecule has 2 aromatic carbocycles. The van der Waals surface area contributed by atoms with Crippen LogP contribution < -0.4 is 10.6 Å². The Morgan fingerprint density at radius 1 is 1.19 bits per heavy atom. The van der Waals surface area contributed by atoms with Crippen LogP contribution in [0, 0.1) is 6.92 Å². The van der Waals surface area contributed by atoms with Crippen molar-refractivity contribution in [2.75, 3.05) is 11.9 Å². The first-order chi connectivity index (χ1) is 10.2. The second-order valence-electron chi connectivity index (χ2n) is 4.92. The summed E-state index contributed by atoms with van der Waals surface area (Å²) in [6, 6.07) is 15.9. The van der Waals surface area contributed by atoms with Gasteiger partial charge in [0.25, 0.3) is 5.91 Å². The van der Waals surface area contributed by atoms with Gasteiger partial charge in [-0.2, -0.15) is 0 Å². The van der Waals surface area contributed by atoms with Crippen LogP contribution in [0.5, 0.6) is 0 Å². The highest BCUT2D eigenvalue weighted by molar-refractivity contribution is 5.94. The molecule has 0 heterocycles. The molecule has 0 spiro atoms. The lowest BCUT2D eigenvalue weighted by atomic mass is 10.1. The molecule has 2 rings (SSSR count). The highest BCUT2D eigenvalue weighted by Crippen LogP contribution is 2.12. The maximum absolute atomic E-state index is 11.8. The summed E-state index contributed by atoms with van der Waals surface area (Å²) in [5.41, 5.74) is 4.14. The Morgan fingerprint density at radius 2 is 1.95 bits per heavy atom. The number of anilines is 1. The Balaban J connectivity index is 1.93. The number of hydrogen-bond donors (Lipinski definition) is 2. The van der Waals surface area contributed by atoms with Crippen LogP contribution in [-0.4, -0.2) is 12.5 Å². The SMILES string of the molecule is C=CCNC(=O)c1ccc(NCc2cccc(C)c2)cc1. The predicted molar refractivity (Wildman–Crippen MR) is 87.5 cm³/mol. The fraction of sp³-hybridized carbons (Fsp3) is 0.167. The Morgan fingerprint density at radius 3 is 2.62 bits per heavy atom. The van der Waals surface area contributed by atoms with Gasteiger partial charge in [-0.15, -0.1) is 6.58 Å². The maximum Gasteiger partial charge on any atom is 0.251 e. The van der Waals surface area contributed by atoms with Crippen molar-refractivity contribution >= 4 is 11.6 Å². The van der Waals surface area contributed by atoms with Crippen molar-refractivity contribution in [1.29, 1.82) is 0 Å². The summed E-state index contributed by atoms with van der Waals surface area (Å²) in [5, 5.41) is 6.10. The van der Waals surface area contributed by atoms with Crippen LogP contribution in [0.2, 0.25) is 0 Å².